The Morgan fingerprint density at radius 3 is 2.35 bits per heavy atom. The van der Waals surface area contributed by atoms with Crippen molar-refractivity contribution in [2.45, 2.75) is 19.8 Å². The highest BCUT2D eigenvalue weighted by Gasteiger charge is 2.17. The smallest absolute Gasteiger partial charge is 0.116 e. The van der Waals surface area contributed by atoms with Gasteiger partial charge in [-0.15, -0.1) is 0 Å². The van der Waals surface area contributed by atoms with Crippen molar-refractivity contribution in [3.8, 4) is 0 Å². The molecule has 0 atom stereocenters. The quantitative estimate of drug-likeness (QED) is 0.669. The normalized spacial score (nSPS) is 12.4. The minimum absolute atomic E-state index is 0.750. The van der Waals surface area contributed by atoms with Crippen LogP contribution in [0.2, 0.25) is 5.02 Å². The Labute approximate surface area is 125 Å². The topological polar surface area (TPSA) is 20.3 Å². The minimum Gasteiger partial charge on any atom is -0.344 e. The van der Waals surface area contributed by atoms with Gasteiger partial charge in [0.25, 0.3) is 0 Å². The van der Waals surface area contributed by atoms with E-state index in [4.69, 9.17) is 16.4 Å². The zero-order valence-corrected chi connectivity index (χ0v) is 12.5. The first kappa shape index (κ1) is 14.6. The number of halogens is 1. The molecule has 2 aromatic carbocycles. The van der Waals surface area contributed by atoms with E-state index in [1.165, 1.54) is 29.4 Å². The van der Waals surface area contributed by atoms with Gasteiger partial charge in [-0.2, -0.15) is 0 Å². The van der Waals surface area contributed by atoms with E-state index in [2.05, 4.69) is 48.3 Å². The summed E-state index contributed by atoms with van der Waals surface area (Å²) in [6.07, 6.45) is 2.92. The average Bonchev–Trinajstić information content (AvgIpc) is 2.59. The molecule has 1 aliphatic heterocycles. The lowest BCUT2D eigenvalue weighted by molar-refractivity contribution is -0.106. The molecule has 2 nitrogen and oxygen atoms in total. The van der Waals surface area contributed by atoms with E-state index >= 15 is 0 Å². The summed E-state index contributed by atoms with van der Waals surface area (Å²) in [5, 5.41) is 0.801. The molecule has 3 rings (SSSR count). The van der Waals surface area contributed by atoms with Gasteiger partial charge in [0.15, 0.2) is 0 Å². The van der Waals surface area contributed by atoms with Gasteiger partial charge in [-0.25, -0.2) is 0 Å². The van der Waals surface area contributed by atoms with Crippen molar-refractivity contribution in [3.63, 3.8) is 0 Å². The van der Waals surface area contributed by atoms with Crippen LogP contribution in [-0.2, 0) is 17.6 Å². The van der Waals surface area contributed by atoms with Crippen molar-refractivity contribution in [1.29, 1.82) is 0 Å². The molecule has 0 N–H and O–H groups in total. The Hall–Kier alpha value is -1.80. The second kappa shape index (κ2) is 6.58. The Bertz CT molecular complexity index is 610. The van der Waals surface area contributed by atoms with E-state index in [0.29, 0.717) is 0 Å². The summed E-state index contributed by atoms with van der Waals surface area (Å²) in [5.74, 6) is 0. The summed E-state index contributed by atoms with van der Waals surface area (Å²) in [5.41, 5.74) is 5.28. The van der Waals surface area contributed by atoms with Crippen molar-refractivity contribution >= 4 is 29.3 Å². The Morgan fingerprint density at radius 2 is 1.65 bits per heavy atom. The van der Waals surface area contributed by atoms with Crippen LogP contribution in [0, 0.1) is 0 Å². The Kier molecular flexibility index (Phi) is 4.80. The molecule has 20 heavy (non-hydrogen) atoms. The number of hydrogen-bond donors (Lipinski definition) is 0. The van der Waals surface area contributed by atoms with Gasteiger partial charge in [-0.05, 0) is 49.1 Å². The molecule has 104 valence electrons. The van der Waals surface area contributed by atoms with Crippen LogP contribution in [0.4, 0.5) is 11.4 Å². The monoisotopic (exact) mass is 287 g/mol. The molecule has 0 saturated heterocycles. The van der Waals surface area contributed by atoms with Gasteiger partial charge in [0.05, 0.1) is 0 Å². The van der Waals surface area contributed by atoms with Gasteiger partial charge in [0, 0.05) is 23.4 Å². The molecule has 0 amide bonds. The zero-order chi connectivity index (χ0) is 14.5. The molecule has 0 spiro atoms. The molecule has 0 radical (unpaired) electrons. The van der Waals surface area contributed by atoms with Gasteiger partial charge < -0.3 is 9.69 Å². The summed E-state index contributed by atoms with van der Waals surface area (Å²) in [4.78, 5) is 11.0. The van der Waals surface area contributed by atoms with Crippen molar-refractivity contribution < 1.29 is 4.79 Å². The number of nitrogens with zero attached hydrogens (tertiary/aromatic N) is 1. The van der Waals surface area contributed by atoms with E-state index in [0.717, 1.165) is 24.2 Å². The van der Waals surface area contributed by atoms with Crippen molar-refractivity contribution in [3.05, 3.63) is 58.6 Å². The van der Waals surface area contributed by atoms with Crippen molar-refractivity contribution in [1.82, 2.24) is 0 Å². The predicted octanol–water partition coefficient (Wildman–Crippen LogP) is 4.41. The first-order valence-corrected chi connectivity index (χ1v) is 7.05. The molecular formula is C17H18ClNO. The van der Waals surface area contributed by atoms with E-state index in [9.17, 15) is 0 Å². The third-order valence-electron chi connectivity index (χ3n) is 3.43. The molecule has 0 bridgehead atoms. The number of anilines is 2. The van der Waals surface area contributed by atoms with E-state index in [1.54, 1.807) is 0 Å². The van der Waals surface area contributed by atoms with Gasteiger partial charge in [0.2, 0.25) is 0 Å². The number of aldehydes is 1. The number of benzene rings is 2. The largest absolute Gasteiger partial charge is 0.344 e. The third kappa shape index (κ3) is 3.02. The lowest BCUT2D eigenvalue weighted by atomic mass is 10.0. The highest BCUT2D eigenvalue weighted by atomic mass is 35.5. The molecule has 0 aromatic heterocycles. The number of para-hydroxylation sites is 1. The average molecular weight is 288 g/mol. The molecule has 0 saturated carbocycles. The van der Waals surface area contributed by atoms with Crippen LogP contribution >= 0.6 is 11.6 Å². The molecule has 0 aliphatic carbocycles. The second-order valence-corrected chi connectivity index (χ2v) is 5.13. The van der Waals surface area contributed by atoms with Crippen molar-refractivity contribution in [2.75, 3.05) is 11.9 Å². The van der Waals surface area contributed by atoms with Gasteiger partial charge >= 0.3 is 0 Å². The van der Waals surface area contributed by atoms with Gasteiger partial charge in [-0.1, -0.05) is 35.9 Å². The first-order valence-electron chi connectivity index (χ1n) is 6.67. The van der Waals surface area contributed by atoms with Crippen molar-refractivity contribution in [2.24, 2.45) is 0 Å². The standard InChI is InChI=1S/C15H14ClN.C2H4O/c1-17-14-5-3-2-4-11(14)6-7-12-8-9-13(16)10-15(12)17;1-2-3/h2-5,8-10H,6-7H2,1H3;2H,1H3. The first-order chi connectivity index (χ1) is 9.67. The number of carbonyl (C=O) groups excluding carboxylic acids is 1. The van der Waals surface area contributed by atoms with E-state index < -0.39 is 0 Å². The summed E-state index contributed by atoms with van der Waals surface area (Å²) in [7, 11) is 2.11. The fraction of sp³-hybridized carbons (Fsp3) is 0.235. The zero-order valence-electron chi connectivity index (χ0n) is 11.8. The van der Waals surface area contributed by atoms with Gasteiger partial charge in [-0.3, -0.25) is 0 Å². The molecule has 1 aliphatic rings. The highest BCUT2D eigenvalue weighted by Crippen LogP contribution is 2.35. The maximum Gasteiger partial charge on any atom is 0.116 e. The van der Waals surface area contributed by atoms with Crippen LogP contribution in [0.5, 0.6) is 0 Å². The van der Waals surface area contributed by atoms with Crippen LogP contribution in [-0.4, -0.2) is 13.3 Å². The summed E-state index contributed by atoms with van der Waals surface area (Å²) in [6, 6.07) is 14.7. The molecule has 3 heteroatoms. The number of rotatable bonds is 0. The number of carbonyl (C=O) groups is 1. The fourth-order valence-corrected chi connectivity index (χ4v) is 2.68. The SMILES string of the molecule is CC=O.CN1c2ccccc2CCc2ccc(Cl)cc21. The Balaban J connectivity index is 0.000000452. The highest BCUT2D eigenvalue weighted by molar-refractivity contribution is 6.30. The molecule has 0 fully saturated rings. The number of fused-ring (bicyclic) bond motifs is 2. The molecule has 0 unspecified atom stereocenters. The lowest BCUT2D eigenvalue weighted by Crippen LogP contribution is -2.10. The summed E-state index contributed by atoms with van der Waals surface area (Å²) in [6.45, 7) is 1.44. The van der Waals surface area contributed by atoms with Crippen LogP contribution in [0.25, 0.3) is 0 Å². The lowest BCUT2D eigenvalue weighted by Gasteiger charge is -2.21. The predicted molar refractivity (Wildman–Crippen MR) is 85.1 cm³/mol. The molecule has 2 aromatic rings. The molecular weight excluding hydrogens is 270 g/mol. The van der Waals surface area contributed by atoms with Crippen LogP contribution in [0.1, 0.15) is 18.1 Å². The number of aryl methyl sites for hydroxylation is 2. The van der Waals surface area contributed by atoms with Crippen LogP contribution < -0.4 is 4.90 Å². The van der Waals surface area contributed by atoms with Crippen LogP contribution in [0.15, 0.2) is 42.5 Å². The second-order valence-electron chi connectivity index (χ2n) is 4.70. The maximum atomic E-state index is 8.81. The van der Waals surface area contributed by atoms with Gasteiger partial charge in [0.1, 0.15) is 6.29 Å². The van der Waals surface area contributed by atoms with Crippen LogP contribution in [0.3, 0.4) is 0 Å². The summed E-state index contributed by atoms with van der Waals surface area (Å²) >= 11 is 6.10. The maximum absolute atomic E-state index is 8.81. The summed E-state index contributed by atoms with van der Waals surface area (Å²) < 4.78 is 0. The third-order valence-corrected chi connectivity index (χ3v) is 3.66. The number of hydrogen-bond acceptors (Lipinski definition) is 2. The molecule has 1 heterocycles. The van der Waals surface area contributed by atoms with E-state index in [1.807, 2.05) is 6.07 Å². The minimum atomic E-state index is 0.750. The Morgan fingerprint density at radius 1 is 1.05 bits per heavy atom. The fourth-order valence-electron chi connectivity index (χ4n) is 2.51. The van der Waals surface area contributed by atoms with E-state index in [-0.39, 0.29) is 0 Å².